The number of nitrogens with zero attached hydrogens (tertiary/aromatic N) is 2. The standard InChI is InChI=1S/C27H19N2O2/c1-13-27-24-17(11-29(13)3)15-7-4-8-18-21(15)25-23-16(10-28(2)12-20(23)30-18)14-6-5-9-19(31-27)22(14)26(24)25/h4-13H,1-3H3/q+1. The Balaban J connectivity index is 1.91. The summed E-state index contributed by atoms with van der Waals surface area (Å²) in [6.07, 6.45) is 6.58. The molecule has 0 bridgehead atoms. The van der Waals surface area contributed by atoms with E-state index in [0.717, 1.165) is 22.5 Å². The van der Waals surface area contributed by atoms with Crippen molar-refractivity contribution in [1.82, 2.24) is 4.90 Å². The normalized spacial score (nSPS) is 16.7. The van der Waals surface area contributed by atoms with Crippen molar-refractivity contribution in [3.8, 4) is 0 Å². The van der Waals surface area contributed by atoms with Gasteiger partial charge in [-0.1, -0.05) is 24.3 Å². The summed E-state index contributed by atoms with van der Waals surface area (Å²) < 4.78 is 15.2. The van der Waals surface area contributed by atoms with Crippen LogP contribution in [0.15, 0.2) is 57.6 Å². The molecule has 0 radical (unpaired) electrons. The lowest BCUT2D eigenvalue weighted by Crippen LogP contribution is -2.27. The third-order valence-corrected chi connectivity index (χ3v) is 7.33. The molecule has 1 aliphatic rings. The van der Waals surface area contributed by atoms with Gasteiger partial charge in [0.2, 0.25) is 6.20 Å². The molecule has 8 rings (SSSR count). The zero-order valence-electron chi connectivity index (χ0n) is 17.5. The molecule has 4 heteroatoms. The first-order chi connectivity index (χ1) is 15.1. The fourth-order valence-corrected chi connectivity index (χ4v) is 5.92. The van der Waals surface area contributed by atoms with Crippen molar-refractivity contribution in [3.05, 3.63) is 59.8 Å². The third kappa shape index (κ3) is 1.66. The van der Waals surface area contributed by atoms with E-state index in [-0.39, 0.29) is 6.04 Å². The minimum atomic E-state index is 0.169. The number of benzene rings is 4. The minimum absolute atomic E-state index is 0.169. The Morgan fingerprint density at radius 3 is 2.26 bits per heavy atom. The van der Waals surface area contributed by atoms with Crippen molar-refractivity contribution < 1.29 is 13.4 Å². The van der Waals surface area contributed by atoms with Crippen LogP contribution in [0.2, 0.25) is 0 Å². The van der Waals surface area contributed by atoms with Crippen LogP contribution in [0.5, 0.6) is 0 Å². The molecule has 1 unspecified atom stereocenters. The summed E-state index contributed by atoms with van der Waals surface area (Å²) in [7, 11) is 4.18. The fraction of sp³-hybridized carbons (Fsp3) is 0.148. The van der Waals surface area contributed by atoms with E-state index in [0.29, 0.717) is 0 Å². The number of hydrogen-bond acceptors (Lipinski definition) is 3. The topological polar surface area (TPSA) is 33.4 Å². The SMILES string of the molecule is CC1c2oc3cccc4c5c[n+](C)cc6oc7cccc8c(c2c(c34)c(c78)c65)=CN1C. The second kappa shape index (κ2) is 4.92. The van der Waals surface area contributed by atoms with Crippen LogP contribution < -0.4 is 9.79 Å². The summed E-state index contributed by atoms with van der Waals surface area (Å²) in [5, 5.41) is 12.3. The summed E-state index contributed by atoms with van der Waals surface area (Å²) in [5.74, 6) is 1.04. The van der Waals surface area contributed by atoms with Gasteiger partial charge in [-0.15, -0.1) is 0 Å². The molecule has 1 atom stereocenters. The van der Waals surface area contributed by atoms with Gasteiger partial charge >= 0.3 is 0 Å². The molecule has 1 aliphatic heterocycles. The molecule has 0 saturated heterocycles. The van der Waals surface area contributed by atoms with Crippen molar-refractivity contribution in [2.75, 3.05) is 7.05 Å². The van der Waals surface area contributed by atoms with E-state index in [2.05, 4.69) is 85.5 Å². The zero-order valence-corrected chi connectivity index (χ0v) is 17.5. The maximum Gasteiger partial charge on any atom is 0.212 e. The Morgan fingerprint density at radius 1 is 0.742 bits per heavy atom. The average Bonchev–Trinajstić information content (AvgIpc) is 2.77. The van der Waals surface area contributed by atoms with Gasteiger partial charge in [-0.05, 0) is 24.4 Å². The highest BCUT2D eigenvalue weighted by molar-refractivity contribution is 6.41. The Labute approximate surface area is 176 Å². The first kappa shape index (κ1) is 16.0. The largest absolute Gasteiger partial charge is 0.458 e. The van der Waals surface area contributed by atoms with E-state index in [1.165, 1.54) is 53.7 Å². The molecular weight excluding hydrogens is 384 g/mol. The second-order valence-electron chi connectivity index (χ2n) is 9.01. The van der Waals surface area contributed by atoms with Crippen LogP contribution in [-0.4, -0.2) is 11.9 Å². The van der Waals surface area contributed by atoms with Gasteiger partial charge in [-0.2, -0.15) is 0 Å². The highest BCUT2D eigenvalue weighted by Gasteiger charge is 2.30. The Bertz CT molecular complexity index is 1940. The summed E-state index contributed by atoms with van der Waals surface area (Å²) in [6.45, 7) is 2.22. The molecule has 148 valence electrons. The Hall–Kier alpha value is -3.79. The van der Waals surface area contributed by atoms with E-state index in [9.17, 15) is 0 Å². The fourth-order valence-electron chi connectivity index (χ4n) is 5.92. The van der Waals surface area contributed by atoms with Crippen LogP contribution in [-0.2, 0) is 7.05 Å². The average molecular weight is 403 g/mol. The summed E-state index contributed by atoms with van der Waals surface area (Å²) in [4.78, 5) is 2.25. The molecule has 0 amide bonds. The summed E-state index contributed by atoms with van der Waals surface area (Å²) in [5.41, 5.74) is 2.80. The molecule has 4 heterocycles. The Morgan fingerprint density at radius 2 is 1.42 bits per heavy atom. The lowest BCUT2D eigenvalue weighted by Gasteiger charge is -2.30. The molecule has 0 N–H and O–H groups in total. The molecule has 0 fully saturated rings. The maximum absolute atomic E-state index is 6.65. The van der Waals surface area contributed by atoms with Gasteiger partial charge in [-0.3, -0.25) is 0 Å². The molecule has 0 aliphatic carbocycles. The van der Waals surface area contributed by atoms with Gasteiger partial charge in [0, 0.05) is 56.2 Å². The predicted octanol–water partition coefficient (Wildman–Crippen LogP) is 5.52. The smallest absolute Gasteiger partial charge is 0.212 e. The summed E-state index contributed by atoms with van der Waals surface area (Å²) >= 11 is 0. The van der Waals surface area contributed by atoms with Crippen LogP contribution in [0, 0.1) is 0 Å². The number of aryl methyl sites for hydroxylation is 1. The van der Waals surface area contributed by atoms with Gasteiger partial charge in [0.05, 0.1) is 11.4 Å². The molecule has 4 aromatic carbocycles. The van der Waals surface area contributed by atoms with Crippen molar-refractivity contribution >= 4 is 71.4 Å². The zero-order chi connectivity index (χ0) is 20.6. The first-order valence-corrected chi connectivity index (χ1v) is 10.7. The second-order valence-corrected chi connectivity index (χ2v) is 9.01. The number of fused-ring (bicyclic) bond motifs is 2. The third-order valence-electron chi connectivity index (χ3n) is 7.33. The summed E-state index contributed by atoms with van der Waals surface area (Å²) in [6, 6.07) is 13.0. The van der Waals surface area contributed by atoms with Crippen molar-refractivity contribution in [2.45, 2.75) is 13.0 Å². The Kier molecular flexibility index (Phi) is 2.53. The number of aromatic nitrogens is 1. The van der Waals surface area contributed by atoms with Crippen molar-refractivity contribution in [3.63, 3.8) is 0 Å². The van der Waals surface area contributed by atoms with E-state index >= 15 is 0 Å². The molecule has 31 heavy (non-hydrogen) atoms. The number of rotatable bonds is 0. The molecule has 7 aromatic rings. The molecular formula is C27H19N2O2+. The quantitative estimate of drug-likeness (QED) is 0.190. The van der Waals surface area contributed by atoms with Gasteiger partial charge < -0.3 is 13.7 Å². The van der Waals surface area contributed by atoms with Crippen LogP contribution >= 0.6 is 0 Å². The molecule has 3 aromatic heterocycles. The van der Waals surface area contributed by atoms with Crippen molar-refractivity contribution in [1.29, 1.82) is 0 Å². The predicted molar refractivity (Wildman–Crippen MR) is 124 cm³/mol. The van der Waals surface area contributed by atoms with Crippen molar-refractivity contribution in [2.24, 2.45) is 7.05 Å². The van der Waals surface area contributed by atoms with Crippen LogP contribution in [0.25, 0.3) is 71.4 Å². The molecule has 0 spiro atoms. The lowest BCUT2D eigenvalue weighted by atomic mass is 9.85. The molecule has 4 nitrogen and oxygen atoms in total. The van der Waals surface area contributed by atoms with Gasteiger partial charge in [0.1, 0.15) is 24.0 Å². The van der Waals surface area contributed by atoms with Crippen LogP contribution in [0.1, 0.15) is 18.7 Å². The van der Waals surface area contributed by atoms with Gasteiger partial charge in [-0.25, -0.2) is 4.57 Å². The first-order valence-electron chi connectivity index (χ1n) is 10.7. The van der Waals surface area contributed by atoms with E-state index in [1.807, 2.05) is 0 Å². The van der Waals surface area contributed by atoms with Crippen LogP contribution in [0.3, 0.4) is 0 Å². The van der Waals surface area contributed by atoms with E-state index < -0.39 is 0 Å². The lowest BCUT2D eigenvalue weighted by molar-refractivity contribution is -0.669. The van der Waals surface area contributed by atoms with E-state index in [4.69, 9.17) is 8.83 Å². The van der Waals surface area contributed by atoms with Gasteiger partial charge in [0.25, 0.3) is 0 Å². The highest BCUT2D eigenvalue weighted by Crippen LogP contribution is 2.48. The maximum atomic E-state index is 6.65. The minimum Gasteiger partial charge on any atom is -0.458 e. The van der Waals surface area contributed by atoms with E-state index in [1.54, 1.807) is 0 Å². The highest BCUT2D eigenvalue weighted by atomic mass is 16.3. The number of hydrogen-bond donors (Lipinski definition) is 0. The monoisotopic (exact) mass is 403 g/mol. The van der Waals surface area contributed by atoms with Gasteiger partial charge in [0.15, 0.2) is 11.8 Å². The molecule has 0 saturated carbocycles. The number of pyridine rings is 1. The van der Waals surface area contributed by atoms with Crippen LogP contribution in [0.4, 0.5) is 0 Å².